The highest BCUT2D eigenvalue weighted by atomic mass is 32.1. The minimum Gasteiger partial charge on any atom is -0.467 e. The van der Waals surface area contributed by atoms with Crippen LogP contribution in [0.3, 0.4) is 0 Å². The van der Waals surface area contributed by atoms with Gasteiger partial charge in [0.2, 0.25) is 5.91 Å². The SMILES string of the molecule is O=C(C[C@H]1C[C@H]2CN(Cc3nccs3)C[C@H]2O1)NCc1ccco1. The predicted octanol–water partition coefficient (Wildman–Crippen LogP) is 2.03. The molecular weight excluding hydrogens is 326 g/mol. The van der Waals surface area contributed by atoms with Crippen LogP contribution in [0.5, 0.6) is 0 Å². The van der Waals surface area contributed by atoms with Crippen molar-refractivity contribution in [2.75, 3.05) is 13.1 Å². The molecular formula is C17H21N3O3S. The topological polar surface area (TPSA) is 67.6 Å². The van der Waals surface area contributed by atoms with Gasteiger partial charge in [0.05, 0.1) is 38.0 Å². The van der Waals surface area contributed by atoms with Crippen molar-refractivity contribution in [3.05, 3.63) is 40.7 Å². The van der Waals surface area contributed by atoms with Crippen LogP contribution in [0.1, 0.15) is 23.6 Å². The summed E-state index contributed by atoms with van der Waals surface area (Å²) in [5.41, 5.74) is 0. The number of nitrogens with one attached hydrogen (secondary N) is 1. The van der Waals surface area contributed by atoms with Crippen LogP contribution in [0.15, 0.2) is 34.4 Å². The number of rotatable bonds is 6. The van der Waals surface area contributed by atoms with Gasteiger partial charge in [0, 0.05) is 30.6 Å². The van der Waals surface area contributed by atoms with Gasteiger partial charge in [-0.05, 0) is 18.6 Å². The van der Waals surface area contributed by atoms with Crippen LogP contribution in [-0.2, 0) is 22.6 Å². The molecule has 4 rings (SSSR count). The highest BCUT2D eigenvalue weighted by molar-refractivity contribution is 7.09. The van der Waals surface area contributed by atoms with Gasteiger partial charge in [-0.15, -0.1) is 11.3 Å². The van der Waals surface area contributed by atoms with Gasteiger partial charge in [0.1, 0.15) is 10.8 Å². The van der Waals surface area contributed by atoms with E-state index in [1.165, 1.54) is 0 Å². The number of hydrogen-bond acceptors (Lipinski definition) is 6. The van der Waals surface area contributed by atoms with Gasteiger partial charge in [-0.25, -0.2) is 4.98 Å². The molecule has 7 heteroatoms. The van der Waals surface area contributed by atoms with Gasteiger partial charge in [0.25, 0.3) is 0 Å². The van der Waals surface area contributed by atoms with Crippen molar-refractivity contribution in [3.8, 4) is 0 Å². The molecule has 0 aliphatic carbocycles. The molecule has 2 aliphatic heterocycles. The van der Waals surface area contributed by atoms with E-state index in [9.17, 15) is 4.79 Å². The molecule has 0 bridgehead atoms. The Bertz CT molecular complexity index is 645. The number of ether oxygens (including phenoxy) is 1. The lowest BCUT2D eigenvalue weighted by Crippen LogP contribution is -2.29. The van der Waals surface area contributed by atoms with E-state index in [1.54, 1.807) is 17.6 Å². The molecule has 0 saturated carbocycles. The molecule has 3 atom stereocenters. The predicted molar refractivity (Wildman–Crippen MR) is 89.3 cm³/mol. The number of likely N-dealkylation sites (tertiary alicyclic amines) is 1. The summed E-state index contributed by atoms with van der Waals surface area (Å²) in [7, 11) is 0. The number of furan rings is 1. The number of carbonyl (C=O) groups is 1. The van der Waals surface area contributed by atoms with Crippen LogP contribution >= 0.6 is 11.3 Å². The largest absolute Gasteiger partial charge is 0.467 e. The summed E-state index contributed by atoms with van der Waals surface area (Å²) < 4.78 is 11.3. The molecule has 1 amide bonds. The summed E-state index contributed by atoms with van der Waals surface area (Å²) >= 11 is 1.70. The first kappa shape index (κ1) is 15.8. The fourth-order valence-corrected chi connectivity index (χ4v) is 4.27. The summed E-state index contributed by atoms with van der Waals surface area (Å²) in [6.07, 6.45) is 5.16. The number of fused-ring (bicyclic) bond motifs is 1. The van der Waals surface area contributed by atoms with Gasteiger partial charge in [0.15, 0.2) is 0 Å². The van der Waals surface area contributed by atoms with Crippen LogP contribution in [0.25, 0.3) is 0 Å². The molecule has 2 saturated heterocycles. The van der Waals surface area contributed by atoms with Gasteiger partial charge in [-0.2, -0.15) is 0 Å². The molecule has 2 aromatic rings. The minimum absolute atomic E-state index is 0.0241. The Balaban J connectivity index is 1.20. The van der Waals surface area contributed by atoms with Gasteiger partial charge >= 0.3 is 0 Å². The van der Waals surface area contributed by atoms with Crippen LogP contribution in [0, 0.1) is 5.92 Å². The fourth-order valence-electron chi connectivity index (χ4n) is 3.61. The first-order valence-corrected chi connectivity index (χ1v) is 9.19. The van der Waals surface area contributed by atoms with E-state index >= 15 is 0 Å². The maximum atomic E-state index is 12.0. The summed E-state index contributed by atoms with van der Waals surface area (Å²) in [6.45, 7) is 3.32. The highest BCUT2D eigenvalue weighted by Gasteiger charge is 2.42. The van der Waals surface area contributed by atoms with E-state index in [2.05, 4.69) is 15.2 Å². The van der Waals surface area contributed by atoms with Crippen molar-refractivity contribution in [2.45, 2.75) is 38.1 Å². The Kier molecular flexibility index (Phi) is 4.64. The third-order valence-electron chi connectivity index (χ3n) is 4.68. The van der Waals surface area contributed by atoms with E-state index in [0.29, 0.717) is 18.9 Å². The van der Waals surface area contributed by atoms with Crippen molar-refractivity contribution < 1.29 is 13.9 Å². The third kappa shape index (κ3) is 3.68. The Morgan fingerprint density at radius 1 is 1.46 bits per heavy atom. The van der Waals surface area contributed by atoms with Crippen LogP contribution < -0.4 is 5.32 Å². The monoisotopic (exact) mass is 347 g/mol. The molecule has 0 spiro atoms. The lowest BCUT2D eigenvalue weighted by molar-refractivity contribution is -0.124. The van der Waals surface area contributed by atoms with E-state index in [-0.39, 0.29) is 18.1 Å². The first-order valence-electron chi connectivity index (χ1n) is 8.31. The molecule has 6 nitrogen and oxygen atoms in total. The Hall–Kier alpha value is -1.70. The maximum absolute atomic E-state index is 12.0. The highest BCUT2D eigenvalue weighted by Crippen LogP contribution is 2.34. The lowest BCUT2D eigenvalue weighted by atomic mass is 10.0. The molecule has 0 aromatic carbocycles. The van der Waals surface area contributed by atoms with E-state index in [1.807, 2.05) is 23.7 Å². The number of amides is 1. The Morgan fingerprint density at radius 3 is 3.17 bits per heavy atom. The molecule has 24 heavy (non-hydrogen) atoms. The van der Waals surface area contributed by atoms with E-state index in [4.69, 9.17) is 9.15 Å². The van der Waals surface area contributed by atoms with Crippen LogP contribution in [0.4, 0.5) is 0 Å². The molecule has 2 fully saturated rings. The molecule has 1 N–H and O–H groups in total. The van der Waals surface area contributed by atoms with Gasteiger partial charge in [-0.3, -0.25) is 9.69 Å². The first-order chi connectivity index (χ1) is 11.8. The molecule has 0 unspecified atom stereocenters. The standard InChI is InChI=1S/C17H21N3O3S/c21-16(19-8-13-2-1-4-22-13)7-14-6-12-9-20(10-15(12)23-14)11-17-18-3-5-24-17/h1-5,12,14-15H,6-11H2,(H,19,21)/t12-,14+,15+/m0/s1. The molecule has 128 valence electrons. The van der Waals surface area contributed by atoms with Gasteiger partial charge in [-0.1, -0.05) is 0 Å². The number of thiazole rings is 1. The second kappa shape index (κ2) is 7.04. The number of hydrogen-bond donors (Lipinski definition) is 1. The quantitative estimate of drug-likeness (QED) is 0.866. The normalized spacial score (nSPS) is 26.6. The van der Waals surface area contributed by atoms with Crippen molar-refractivity contribution in [3.63, 3.8) is 0 Å². The van der Waals surface area contributed by atoms with E-state index < -0.39 is 0 Å². The van der Waals surface area contributed by atoms with Crippen molar-refractivity contribution in [1.82, 2.24) is 15.2 Å². The average molecular weight is 347 g/mol. The molecule has 2 aliphatic rings. The summed E-state index contributed by atoms with van der Waals surface area (Å²) in [6, 6.07) is 3.67. The van der Waals surface area contributed by atoms with Crippen molar-refractivity contribution in [2.24, 2.45) is 5.92 Å². The second-order valence-corrected chi connectivity index (χ2v) is 7.45. The smallest absolute Gasteiger partial charge is 0.222 e. The van der Waals surface area contributed by atoms with Crippen molar-refractivity contribution >= 4 is 17.2 Å². The summed E-state index contributed by atoms with van der Waals surface area (Å²) in [5, 5.41) is 6.06. The van der Waals surface area contributed by atoms with Crippen LogP contribution in [-0.4, -0.2) is 41.1 Å². The average Bonchev–Trinajstić information content (AvgIpc) is 3.30. The van der Waals surface area contributed by atoms with Crippen LogP contribution in [0.2, 0.25) is 0 Å². The zero-order valence-corrected chi connectivity index (χ0v) is 14.2. The maximum Gasteiger partial charge on any atom is 0.222 e. The zero-order valence-electron chi connectivity index (χ0n) is 13.4. The lowest BCUT2D eigenvalue weighted by Gasteiger charge is -2.17. The minimum atomic E-state index is 0.0241. The second-order valence-electron chi connectivity index (χ2n) is 6.47. The Labute approximate surface area is 144 Å². The molecule has 4 heterocycles. The number of aromatic nitrogens is 1. The zero-order chi connectivity index (χ0) is 16.4. The molecule has 0 radical (unpaired) electrons. The number of nitrogens with zero attached hydrogens (tertiary/aromatic N) is 2. The van der Waals surface area contributed by atoms with Gasteiger partial charge < -0.3 is 14.5 Å². The summed E-state index contributed by atoms with van der Waals surface area (Å²) in [4.78, 5) is 18.8. The third-order valence-corrected chi connectivity index (χ3v) is 5.45. The molecule has 2 aromatic heterocycles. The fraction of sp³-hybridized carbons (Fsp3) is 0.529. The Morgan fingerprint density at radius 2 is 2.42 bits per heavy atom. The number of carbonyl (C=O) groups excluding carboxylic acids is 1. The van der Waals surface area contributed by atoms with Crippen molar-refractivity contribution in [1.29, 1.82) is 0 Å². The van der Waals surface area contributed by atoms with E-state index in [0.717, 1.165) is 36.8 Å². The summed E-state index contributed by atoms with van der Waals surface area (Å²) in [5.74, 6) is 1.33.